The molecule has 0 amide bonds. The molecule has 0 aliphatic rings. The number of benzene rings is 2. The molecule has 0 nitrogen and oxygen atoms in total. The van der Waals surface area contributed by atoms with E-state index in [1.165, 1.54) is 12.1 Å². The van der Waals surface area contributed by atoms with E-state index in [0.717, 1.165) is 0 Å². The summed E-state index contributed by atoms with van der Waals surface area (Å²) in [4.78, 5) is 0. The minimum Gasteiger partial charge on any atom is -0.206 e. The number of hydrogen-bond acceptors (Lipinski definition) is 0. The Hall–Kier alpha value is -1.84. The predicted octanol–water partition coefficient (Wildman–Crippen LogP) is 3.91. The van der Waals surface area contributed by atoms with E-state index < -0.39 is 28.8 Å². The minimum atomic E-state index is -1.67. The molecule has 2 aromatic carbocycles. The topological polar surface area (TPSA) is 0 Å². The van der Waals surface area contributed by atoms with E-state index in [9.17, 15) is 17.6 Å². The van der Waals surface area contributed by atoms with Gasteiger partial charge < -0.3 is 0 Å². The predicted molar refractivity (Wildman–Crippen MR) is 51.7 cm³/mol. The fraction of sp³-hybridized carbons (Fsp3) is 0. The van der Waals surface area contributed by atoms with Gasteiger partial charge in [0, 0.05) is 6.07 Å². The molecule has 0 N–H and O–H groups in total. The van der Waals surface area contributed by atoms with Crippen LogP contribution in [0.5, 0.6) is 0 Å². The lowest BCUT2D eigenvalue weighted by molar-refractivity contribution is 0.437. The monoisotopic (exact) mass is 226 g/mol. The maximum atomic E-state index is 13.4. The second kappa shape index (κ2) is 3.96. The average molecular weight is 226 g/mol. The van der Waals surface area contributed by atoms with Crippen LogP contribution in [0.2, 0.25) is 0 Å². The Kier molecular flexibility index (Phi) is 2.64. The first-order chi connectivity index (χ1) is 7.61. The molecule has 0 aliphatic carbocycles. The smallest absolute Gasteiger partial charge is 0.195 e. The first-order valence-electron chi connectivity index (χ1n) is 4.49. The van der Waals surface area contributed by atoms with Gasteiger partial charge in [-0.25, -0.2) is 17.6 Å². The molecule has 82 valence electrons. The van der Waals surface area contributed by atoms with Crippen LogP contribution in [0.15, 0.2) is 36.4 Å². The van der Waals surface area contributed by atoms with Crippen molar-refractivity contribution < 1.29 is 17.6 Å². The summed E-state index contributed by atoms with van der Waals surface area (Å²) in [6.07, 6.45) is 0. The number of halogens is 4. The van der Waals surface area contributed by atoms with Gasteiger partial charge in [-0.3, -0.25) is 0 Å². The van der Waals surface area contributed by atoms with Gasteiger partial charge in [0.25, 0.3) is 0 Å². The second-order valence-electron chi connectivity index (χ2n) is 3.21. The SMILES string of the molecule is Fc1cc(F)c(-c2ccccc2)c(F)c1F. The maximum Gasteiger partial charge on any atom is 0.195 e. The van der Waals surface area contributed by atoms with E-state index in [1.807, 2.05) is 0 Å². The van der Waals surface area contributed by atoms with E-state index in [1.54, 1.807) is 18.2 Å². The zero-order valence-electron chi connectivity index (χ0n) is 7.98. The standard InChI is InChI=1S/C12H6F4/c13-8-6-9(14)11(15)12(16)10(8)7-4-2-1-3-5-7/h1-6H. The average Bonchev–Trinajstić information content (AvgIpc) is 2.28. The van der Waals surface area contributed by atoms with Crippen molar-refractivity contribution in [2.75, 3.05) is 0 Å². The van der Waals surface area contributed by atoms with Gasteiger partial charge >= 0.3 is 0 Å². The largest absolute Gasteiger partial charge is 0.206 e. The van der Waals surface area contributed by atoms with Crippen LogP contribution in [0.25, 0.3) is 11.1 Å². The van der Waals surface area contributed by atoms with Crippen LogP contribution < -0.4 is 0 Å². The normalized spacial score (nSPS) is 10.5. The van der Waals surface area contributed by atoms with Gasteiger partial charge in [-0.1, -0.05) is 30.3 Å². The Morgan fingerprint density at radius 2 is 1.31 bits per heavy atom. The Bertz CT molecular complexity index is 520. The maximum absolute atomic E-state index is 13.4. The van der Waals surface area contributed by atoms with Gasteiger partial charge in [-0.2, -0.15) is 0 Å². The van der Waals surface area contributed by atoms with Crippen LogP contribution in [-0.4, -0.2) is 0 Å². The molecule has 0 heterocycles. The third-order valence-electron chi connectivity index (χ3n) is 2.18. The highest BCUT2D eigenvalue weighted by atomic mass is 19.2. The van der Waals surface area contributed by atoms with Gasteiger partial charge in [-0.05, 0) is 5.56 Å². The molecule has 0 unspecified atom stereocenters. The van der Waals surface area contributed by atoms with Crippen LogP contribution >= 0.6 is 0 Å². The van der Waals surface area contributed by atoms with Crippen molar-refractivity contribution in [1.82, 2.24) is 0 Å². The Balaban J connectivity index is 2.71. The summed E-state index contributed by atoms with van der Waals surface area (Å²) in [5, 5.41) is 0. The molecular formula is C12H6F4. The highest BCUT2D eigenvalue weighted by Gasteiger charge is 2.19. The highest BCUT2D eigenvalue weighted by molar-refractivity contribution is 5.64. The Morgan fingerprint density at radius 3 is 1.94 bits per heavy atom. The van der Waals surface area contributed by atoms with E-state index in [0.29, 0.717) is 6.07 Å². The molecule has 0 saturated heterocycles. The molecule has 2 aromatic rings. The molecule has 16 heavy (non-hydrogen) atoms. The zero-order valence-corrected chi connectivity index (χ0v) is 7.98. The molecule has 2 rings (SSSR count). The third kappa shape index (κ3) is 1.66. The lowest BCUT2D eigenvalue weighted by Crippen LogP contribution is -1.98. The van der Waals surface area contributed by atoms with Crippen molar-refractivity contribution >= 4 is 0 Å². The summed E-state index contributed by atoms with van der Waals surface area (Å²) in [6, 6.07) is 7.92. The molecule has 0 radical (unpaired) electrons. The van der Waals surface area contributed by atoms with Crippen LogP contribution in [0.4, 0.5) is 17.6 Å². The summed E-state index contributed by atoms with van der Waals surface area (Å²) in [5.74, 6) is -5.83. The lowest BCUT2D eigenvalue weighted by atomic mass is 10.0. The number of rotatable bonds is 1. The molecule has 0 bridgehead atoms. The molecule has 0 aliphatic heterocycles. The third-order valence-corrected chi connectivity index (χ3v) is 2.18. The van der Waals surface area contributed by atoms with Crippen molar-refractivity contribution in [3.05, 3.63) is 59.7 Å². The molecule has 0 spiro atoms. The first kappa shape index (κ1) is 10.7. The van der Waals surface area contributed by atoms with Gasteiger partial charge in [0.05, 0.1) is 5.56 Å². The summed E-state index contributed by atoms with van der Waals surface area (Å²) < 4.78 is 52.3. The summed E-state index contributed by atoms with van der Waals surface area (Å²) in [6.45, 7) is 0. The van der Waals surface area contributed by atoms with Crippen LogP contribution in [0.3, 0.4) is 0 Å². The van der Waals surface area contributed by atoms with Crippen molar-refractivity contribution in [2.45, 2.75) is 0 Å². The Morgan fingerprint density at radius 1 is 0.688 bits per heavy atom. The van der Waals surface area contributed by atoms with Crippen molar-refractivity contribution in [1.29, 1.82) is 0 Å². The van der Waals surface area contributed by atoms with Gasteiger partial charge in [0.15, 0.2) is 17.5 Å². The molecule has 0 fully saturated rings. The molecule has 0 atom stereocenters. The van der Waals surface area contributed by atoms with Crippen molar-refractivity contribution in [2.24, 2.45) is 0 Å². The van der Waals surface area contributed by atoms with Gasteiger partial charge in [-0.15, -0.1) is 0 Å². The zero-order chi connectivity index (χ0) is 11.7. The highest BCUT2D eigenvalue weighted by Crippen LogP contribution is 2.28. The van der Waals surface area contributed by atoms with E-state index in [-0.39, 0.29) is 5.56 Å². The van der Waals surface area contributed by atoms with E-state index in [4.69, 9.17) is 0 Å². The van der Waals surface area contributed by atoms with Crippen LogP contribution in [0, 0.1) is 23.3 Å². The Labute approximate surface area is 89.2 Å². The summed E-state index contributed by atoms with van der Waals surface area (Å²) >= 11 is 0. The van der Waals surface area contributed by atoms with Crippen molar-refractivity contribution in [3.63, 3.8) is 0 Å². The second-order valence-corrected chi connectivity index (χ2v) is 3.21. The van der Waals surface area contributed by atoms with E-state index in [2.05, 4.69) is 0 Å². The van der Waals surface area contributed by atoms with Crippen LogP contribution in [-0.2, 0) is 0 Å². The molecule has 4 heteroatoms. The molecule has 0 aromatic heterocycles. The van der Waals surface area contributed by atoms with Crippen molar-refractivity contribution in [3.8, 4) is 11.1 Å². The first-order valence-corrected chi connectivity index (χ1v) is 4.49. The van der Waals surface area contributed by atoms with Gasteiger partial charge in [0.2, 0.25) is 0 Å². The fourth-order valence-electron chi connectivity index (χ4n) is 1.44. The fourth-order valence-corrected chi connectivity index (χ4v) is 1.44. The van der Waals surface area contributed by atoms with E-state index >= 15 is 0 Å². The summed E-state index contributed by atoms with van der Waals surface area (Å²) in [5.41, 5.74) is -0.393. The molecule has 0 saturated carbocycles. The number of hydrogen-bond donors (Lipinski definition) is 0. The molecular weight excluding hydrogens is 220 g/mol. The van der Waals surface area contributed by atoms with Crippen LogP contribution in [0.1, 0.15) is 0 Å². The quantitative estimate of drug-likeness (QED) is 0.393. The summed E-state index contributed by atoms with van der Waals surface area (Å²) in [7, 11) is 0. The minimum absolute atomic E-state index is 0.163. The lowest BCUT2D eigenvalue weighted by Gasteiger charge is -2.06. The van der Waals surface area contributed by atoms with Gasteiger partial charge in [0.1, 0.15) is 5.82 Å².